The number of para-hydroxylation sites is 2. The van der Waals surface area contributed by atoms with Gasteiger partial charge in [-0.2, -0.15) is 0 Å². The smallest absolute Gasteiger partial charge is 0.142 e. The van der Waals surface area contributed by atoms with Gasteiger partial charge < -0.3 is 15.0 Å². The Morgan fingerprint density at radius 3 is 2.95 bits per heavy atom. The average Bonchev–Trinajstić information content (AvgIpc) is 2.69. The summed E-state index contributed by atoms with van der Waals surface area (Å²) in [6.45, 7) is 7.63. The molecule has 0 spiro atoms. The van der Waals surface area contributed by atoms with Gasteiger partial charge in [0, 0.05) is 13.1 Å². The highest BCUT2D eigenvalue weighted by molar-refractivity contribution is 5.58. The lowest BCUT2D eigenvalue weighted by Gasteiger charge is -2.23. The molecule has 0 fully saturated rings. The van der Waals surface area contributed by atoms with Crippen LogP contribution in [0.3, 0.4) is 0 Å². The van der Waals surface area contributed by atoms with Crippen molar-refractivity contribution in [2.24, 2.45) is 0 Å². The molecule has 1 aromatic carbocycles. The maximum absolute atomic E-state index is 5.80. The van der Waals surface area contributed by atoms with Gasteiger partial charge in [0.15, 0.2) is 0 Å². The second kappa shape index (κ2) is 8.85. The number of ether oxygens (including phenoxy) is 1. The van der Waals surface area contributed by atoms with Crippen LogP contribution in [0.25, 0.3) is 0 Å². The van der Waals surface area contributed by atoms with Crippen molar-refractivity contribution >= 4 is 5.69 Å². The Bertz CT molecular complexity index is 381. The monoisotopic (exact) mass is 276 g/mol. The molecule has 1 N–H and O–H groups in total. The minimum absolute atomic E-state index is 0.842. The Hall–Kier alpha value is -1.22. The number of unbranched alkanes of at least 4 members (excludes halogenated alkanes) is 2. The van der Waals surface area contributed by atoms with E-state index in [2.05, 4.69) is 41.4 Å². The number of rotatable bonds is 8. The Labute approximate surface area is 123 Å². The molecular formula is C17H28N2O. The van der Waals surface area contributed by atoms with Crippen molar-refractivity contribution in [1.82, 2.24) is 5.32 Å². The van der Waals surface area contributed by atoms with E-state index in [0.29, 0.717) is 0 Å². The van der Waals surface area contributed by atoms with Crippen molar-refractivity contribution in [2.75, 3.05) is 37.7 Å². The first kappa shape index (κ1) is 15.2. The van der Waals surface area contributed by atoms with Gasteiger partial charge in [0.25, 0.3) is 0 Å². The molecule has 0 amide bonds. The van der Waals surface area contributed by atoms with Gasteiger partial charge in [0.2, 0.25) is 0 Å². The molecular weight excluding hydrogens is 248 g/mol. The summed E-state index contributed by atoms with van der Waals surface area (Å²) in [5.41, 5.74) is 1.27. The van der Waals surface area contributed by atoms with Gasteiger partial charge in [-0.15, -0.1) is 0 Å². The Kier molecular flexibility index (Phi) is 6.72. The second-order valence-corrected chi connectivity index (χ2v) is 5.47. The summed E-state index contributed by atoms with van der Waals surface area (Å²) in [6, 6.07) is 8.43. The quantitative estimate of drug-likeness (QED) is 0.736. The Balaban J connectivity index is 1.72. The molecule has 0 atom stereocenters. The molecule has 20 heavy (non-hydrogen) atoms. The van der Waals surface area contributed by atoms with Gasteiger partial charge in [-0.1, -0.05) is 25.5 Å². The van der Waals surface area contributed by atoms with Crippen LogP contribution in [-0.2, 0) is 0 Å². The van der Waals surface area contributed by atoms with Gasteiger partial charge in [-0.05, 0) is 50.9 Å². The van der Waals surface area contributed by atoms with E-state index in [1.165, 1.54) is 31.4 Å². The van der Waals surface area contributed by atoms with Gasteiger partial charge in [-0.25, -0.2) is 0 Å². The van der Waals surface area contributed by atoms with Crippen molar-refractivity contribution in [2.45, 2.75) is 39.0 Å². The molecule has 3 nitrogen and oxygen atoms in total. The SMILES string of the molecule is CCCNCCCCCN1CCCOc2ccccc21. The van der Waals surface area contributed by atoms with E-state index in [-0.39, 0.29) is 0 Å². The summed E-state index contributed by atoms with van der Waals surface area (Å²) in [5.74, 6) is 1.05. The molecule has 0 bridgehead atoms. The molecule has 1 aromatic rings. The predicted octanol–water partition coefficient (Wildman–Crippen LogP) is 3.45. The summed E-state index contributed by atoms with van der Waals surface area (Å²) in [7, 11) is 0. The third kappa shape index (κ3) is 4.71. The van der Waals surface area contributed by atoms with Crippen molar-refractivity contribution < 1.29 is 4.74 Å². The third-order valence-electron chi connectivity index (χ3n) is 3.74. The highest BCUT2D eigenvalue weighted by atomic mass is 16.5. The predicted molar refractivity (Wildman–Crippen MR) is 85.8 cm³/mol. The number of hydrogen-bond acceptors (Lipinski definition) is 3. The number of benzene rings is 1. The molecule has 2 rings (SSSR count). The van der Waals surface area contributed by atoms with Crippen LogP contribution in [0.1, 0.15) is 39.0 Å². The maximum Gasteiger partial charge on any atom is 0.142 e. The molecule has 0 aliphatic carbocycles. The van der Waals surface area contributed by atoms with E-state index in [1.54, 1.807) is 0 Å². The van der Waals surface area contributed by atoms with Gasteiger partial charge >= 0.3 is 0 Å². The van der Waals surface area contributed by atoms with Gasteiger partial charge in [0.1, 0.15) is 5.75 Å². The van der Waals surface area contributed by atoms with E-state index in [4.69, 9.17) is 4.74 Å². The van der Waals surface area contributed by atoms with Crippen LogP contribution in [0.4, 0.5) is 5.69 Å². The molecule has 1 aliphatic heterocycles. The number of nitrogens with one attached hydrogen (secondary N) is 1. The molecule has 1 heterocycles. The normalized spacial score (nSPS) is 14.6. The van der Waals surface area contributed by atoms with Crippen molar-refractivity contribution in [3.8, 4) is 5.75 Å². The molecule has 0 unspecified atom stereocenters. The van der Waals surface area contributed by atoms with Crippen LogP contribution >= 0.6 is 0 Å². The minimum Gasteiger partial charge on any atom is -0.491 e. The molecule has 112 valence electrons. The lowest BCUT2D eigenvalue weighted by atomic mass is 10.2. The first-order valence-corrected chi connectivity index (χ1v) is 8.09. The number of hydrogen-bond donors (Lipinski definition) is 1. The van der Waals surface area contributed by atoms with Crippen molar-refractivity contribution in [1.29, 1.82) is 0 Å². The molecule has 0 radical (unpaired) electrons. The fraction of sp³-hybridized carbons (Fsp3) is 0.647. The second-order valence-electron chi connectivity index (χ2n) is 5.47. The zero-order valence-corrected chi connectivity index (χ0v) is 12.7. The number of fused-ring (bicyclic) bond motifs is 1. The molecule has 3 heteroatoms. The average molecular weight is 276 g/mol. The maximum atomic E-state index is 5.80. The highest BCUT2D eigenvalue weighted by Crippen LogP contribution is 2.30. The summed E-state index contributed by atoms with van der Waals surface area (Å²) in [4.78, 5) is 2.49. The number of anilines is 1. The van der Waals surface area contributed by atoms with E-state index in [9.17, 15) is 0 Å². The lowest BCUT2D eigenvalue weighted by molar-refractivity contribution is 0.322. The largest absolute Gasteiger partial charge is 0.491 e. The van der Waals surface area contributed by atoms with E-state index >= 15 is 0 Å². The summed E-state index contributed by atoms with van der Waals surface area (Å²) >= 11 is 0. The van der Waals surface area contributed by atoms with Gasteiger partial charge in [0.05, 0.1) is 12.3 Å². The van der Waals surface area contributed by atoms with E-state index in [1.807, 2.05) is 0 Å². The first-order chi connectivity index (χ1) is 9.92. The third-order valence-corrected chi connectivity index (χ3v) is 3.74. The number of nitrogens with zero attached hydrogens (tertiary/aromatic N) is 1. The topological polar surface area (TPSA) is 24.5 Å². The fourth-order valence-corrected chi connectivity index (χ4v) is 2.66. The summed E-state index contributed by atoms with van der Waals surface area (Å²) < 4.78 is 5.80. The van der Waals surface area contributed by atoms with Crippen molar-refractivity contribution in [3.05, 3.63) is 24.3 Å². The van der Waals surface area contributed by atoms with Crippen LogP contribution in [0.2, 0.25) is 0 Å². The zero-order chi connectivity index (χ0) is 14.0. The highest BCUT2D eigenvalue weighted by Gasteiger charge is 2.14. The lowest BCUT2D eigenvalue weighted by Crippen LogP contribution is -2.25. The van der Waals surface area contributed by atoms with Gasteiger partial charge in [-0.3, -0.25) is 0 Å². The minimum atomic E-state index is 0.842. The molecule has 1 aliphatic rings. The van der Waals surface area contributed by atoms with Crippen LogP contribution in [0.5, 0.6) is 5.75 Å². The first-order valence-electron chi connectivity index (χ1n) is 8.09. The van der Waals surface area contributed by atoms with E-state index in [0.717, 1.165) is 45.0 Å². The molecule has 0 aromatic heterocycles. The summed E-state index contributed by atoms with van der Waals surface area (Å²) in [6.07, 6.45) is 6.20. The van der Waals surface area contributed by atoms with Crippen LogP contribution in [0.15, 0.2) is 24.3 Å². The standard InChI is InChI=1S/C17H28N2O/c1-2-11-18-12-6-3-7-13-19-14-8-15-20-17-10-5-4-9-16(17)19/h4-5,9-10,18H,2-3,6-8,11-15H2,1H3. The molecule has 0 saturated heterocycles. The zero-order valence-electron chi connectivity index (χ0n) is 12.7. The Morgan fingerprint density at radius 1 is 1.15 bits per heavy atom. The van der Waals surface area contributed by atoms with E-state index < -0.39 is 0 Å². The fourth-order valence-electron chi connectivity index (χ4n) is 2.66. The summed E-state index contributed by atoms with van der Waals surface area (Å²) in [5, 5.41) is 3.47. The Morgan fingerprint density at radius 2 is 2.05 bits per heavy atom. The van der Waals surface area contributed by atoms with Crippen LogP contribution in [-0.4, -0.2) is 32.8 Å². The molecule has 0 saturated carbocycles. The van der Waals surface area contributed by atoms with Crippen LogP contribution in [0, 0.1) is 0 Å². The van der Waals surface area contributed by atoms with Crippen LogP contribution < -0.4 is 15.0 Å². The van der Waals surface area contributed by atoms with Crippen molar-refractivity contribution in [3.63, 3.8) is 0 Å².